The first-order valence-corrected chi connectivity index (χ1v) is 7.78. The van der Waals surface area contributed by atoms with Crippen LogP contribution in [0.3, 0.4) is 0 Å². The van der Waals surface area contributed by atoms with Gasteiger partial charge in [-0.3, -0.25) is 20.0 Å². The minimum Gasteiger partial charge on any atom is -0.497 e. The molecule has 0 unspecified atom stereocenters. The minimum atomic E-state index is -0.388. The van der Waals surface area contributed by atoms with Crippen LogP contribution in [0.2, 0.25) is 0 Å². The molecule has 8 heteroatoms. The molecule has 0 atom stereocenters. The van der Waals surface area contributed by atoms with Crippen LogP contribution >= 0.6 is 0 Å². The molecule has 2 aromatic rings. The molecule has 0 saturated carbocycles. The van der Waals surface area contributed by atoms with Crippen molar-refractivity contribution in [3.8, 4) is 11.5 Å². The van der Waals surface area contributed by atoms with E-state index in [9.17, 15) is 9.59 Å². The highest BCUT2D eigenvalue weighted by Gasteiger charge is 2.04. The predicted octanol–water partition coefficient (Wildman–Crippen LogP) is 1.63. The number of aromatic nitrogens is 1. The highest BCUT2D eigenvalue weighted by molar-refractivity contribution is 5.99. The maximum atomic E-state index is 11.8. The summed E-state index contributed by atoms with van der Waals surface area (Å²) in [5.74, 6) is 0.519. The van der Waals surface area contributed by atoms with E-state index in [1.54, 1.807) is 56.6 Å². The van der Waals surface area contributed by atoms with Crippen LogP contribution < -0.4 is 25.6 Å². The lowest BCUT2D eigenvalue weighted by Gasteiger charge is -2.10. The van der Waals surface area contributed by atoms with E-state index in [2.05, 4.69) is 21.2 Å². The van der Waals surface area contributed by atoms with Gasteiger partial charge in [-0.15, -0.1) is 0 Å². The maximum Gasteiger partial charge on any atom is 0.276 e. The van der Waals surface area contributed by atoms with Gasteiger partial charge in [-0.2, -0.15) is 0 Å². The van der Waals surface area contributed by atoms with Crippen molar-refractivity contribution in [2.24, 2.45) is 0 Å². The third-order valence-corrected chi connectivity index (χ3v) is 3.11. The molecular weight excluding hydrogens is 336 g/mol. The van der Waals surface area contributed by atoms with E-state index in [1.165, 1.54) is 12.3 Å². The lowest BCUT2D eigenvalue weighted by molar-refractivity contribution is -0.124. The van der Waals surface area contributed by atoms with Gasteiger partial charge in [0.1, 0.15) is 11.5 Å². The van der Waals surface area contributed by atoms with Crippen molar-refractivity contribution in [1.82, 2.24) is 15.8 Å². The van der Waals surface area contributed by atoms with Gasteiger partial charge in [0.25, 0.3) is 5.91 Å². The largest absolute Gasteiger partial charge is 0.497 e. The Kier molecular flexibility index (Phi) is 6.99. The number of anilines is 1. The molecule has 8 nitrogen and oxygen atoms in total. The van der Waals surface area contributed by atoms with E-state index in [-0.39, 0.29) is 18.4 Å². The molecule has 2 rings (SSSR count). The zero-order valence-corrected chi connectivity index (χ0v) is 14.5. The van der Waals surface area contributed by atoms with Crippen molar-refractivity contribution in [1.29, 1.82) is 0 Å². The van der Waals surface area contributed by atoms with Gasteiger partial charge in [0.15, 0.2) is 6.61 Å². The summed E-state index contributed by atoms with van der Waals surface area (Å²) in [6.07, 6.45) is 4.46. The summed E-state index contributed by atoms with van der Waals surface area (Å²) in [5.41, 5.74) is 6.13. The summed E-state index contributed by atoms with van der Waals surface area (Å²) in [4.78, 5) is 27.5. The summed E-state index contributed by atoms with van der Waals surface area (Å²) in [5, 5.41) is 2.65. The van der Waals surface area contributed by atoms with Gasteiger partial charge < -0.3 is 20.2 Å². The molecule has 1 heterocycles. The number of carbonyl (C=O) groups is 2. The molecule has 0 saturated heterocycles. The fourth-order valence-electron chi connectivity index (χ4n) is 1.87. The molecule has 0 aliphatic heterocycles. The first kappa shape index (κ1) is 18.8. The summed E-state index contributed by atoms with van der Waals surface area (Å²) >= 11 is 0. The number of hydrogen-bond donors (Lipinski definition) is 3. The molecule has 0 fully saturated rings. The average molecular weight is 356 g/mol. The third-order valence-electron chi connectivity index (χ3n) is 3.11. The third kappa shape index (κ3) is 6.52. The normalized spacial score (nSPS) is 10.6. The van der Waals surface area contributed by atoms with Crippen molar-refractivity contribution in [3.05, 3.63) is 60.6 Å². The number of hydrogen-bond acceptors (Lipinski definition) is 6. The predicted molar refractivity (Wildman–Crippen MR) is 96.4 cm³/mol. The molecule has 0 bridgehead atoms. The van der Waals surface area contributed by atoms with E-state index in [0.29, 0.717) is 22.9 Å². The molecule has 1 aromatic carbocycles. The quantitative estimate of drug-likeness (QED) is 0.491. The molecule has 26 heavy (non-hydrogen) atoms. The topological polar surface area (TPSA) is 102 Å². The number of methoxy groups -OCH3 is 1. The Labute approximate surface area is 151 Å². The van der Waals surface area contributed by atoms with Crippen molar-refractivity contribution in [2.45, 2.75) is 6.92 Å². The number of rotatable bonds is 8. The zero-order chi connectivity index (χ0) is 18.8. The van der Waals surface area contributed by atoms with E-state index >= 15 is 0 Å². The Morgan fingerprint density at radius 2 is 1.85 bits per heavy atom. The average Bonchev–Trinajstić information content (AvgIpc) is 2.65. The molecule has 0 radical (unpaired) electrons. The van der Waals surface area contributed by atoms with Crippen molar-refractivity contribution in [3.63, 3.8) is 0 Å². The van der Waals surface area contributed by atoms with Gasteiger partial charge in [0.05, 0.1) is 19.0 Å². The number of nitrogens with one attached hydrogen (secondary N) is 3. The van der Waals surface area contributed by atoms with Crippen LogP contribution in [0.4, 0.5) is 5.69 Å². The Morgan fingerprint density at radius 1 is 1.12 bits per heavy atom. The smallest absolute Gasteiger partial charge is 0.276 e. The second kappa shape index (κ2) is 9.67. The number of hydrazine groups is 1. The highest BCUT2D eigenvalue weighted by Crippen LogP contribution is 2.16. The van der Waals surface area contributed by atoms with Crippen molar-refractivity contribution in [2.75, 3.05) is 19.0 Å². The monoisotopic (exact) mass is 356 g/mol. The van der Waals surface area contributed by atoms with Gasteiger partial charge in [-0.1, -0.05) is 0 Å². The molecule has 136 valence electrons. The molecule has 0 aliphatic carbocycles. The number of carbonyl (C=O) groups excluding carboxylic acids is 2. The van der Waals surface area contributed by atoms with Gasteiger partial charge in [0, 0.05) is 18.0 Å². The molecule has 0 aliphatic rings. The van der Waals surface area contributed by atoms with E-state index < -0.39 is 0 Å². The van der Waals surface area contributed by atoms with Crippen LogP contribution in [0, 0.1) is 0 Å². The summed E-state index contributed by atoms with van der Waals surface area (Å²) in [6, 6.07) is 10.3. The standard InChI is InChI=1S/C18H20N4O4/c1-13(10-17(23)20-14-4-3-9-19-11-14)21-22-18(24)12-26-16-7-5-15(25-2)6-8-16/h3-11,21H,12H2,1-2H3,(H,20,23)(H,22,24). The van der Waals surface area contributed by atoms with Crippen molar-refractivity contribution >= 4 is 17.5 Å². The Morgan fingerprint density at radius 3 is 2.50 bits per heavy atom. The SMILES string of the molecule is COc1ccc(OCC(=O)NNC(C)=CC(=O)Nc2cccnc2)cc1. The van der Waals surface area contributed by atoms with Gasteiger partial charge in [0.2, 0.25) is 5.91 Å². The Balaban J connectivity index is 1.72. The number of amides is 2. The van der Waals surface area contributed by atoms with Gasteiger partial charge in [-0.25, -0.2) is 0 Å². The summed E-state index contributed by atoms with van der Waals surface area (Å²) < 4.78 is 10.4. The number of nitrogens with zero attached hydrogens (tertiary/aromatic N) is 1. The van der Waals surface area contributed by atoms with Crippen LogP contribution in [0.5, 0.6) is 11.5 Å². The molecule has 1 aromatic heterocycles. The van der Waals surface area contributed by atoms with E-state index in [1.807, 2.05) is 0 Å². The first-order valence-electron chi connectivity index (χ1n) is 7.78. The van der Waals surface area contributed by atoms with E-state index in [4.69, 9.17) is 9.47 Å². The fraction of sp³-hybridized carbons (Fsp3) is 0.167. The number of allylic oxidation sites excluding steroid dienone is 1. The van der Waals surface area contributed by atoms with Gasteiger partial charge in [-0.05, 0) is 43.3 Å². The first-order chi connectivity index (χ1) is 12.6. The number of ether oxygens (including phenoxy) is 2. The van der Waals surface area contributed by atoms with Crippen molar-refractivity contribution < 1.29 is 19.1 Å². The molecule has 3 N–H and O–H groups in total. The number of pyridine rings is 1. The zero-order valence-electron chi connectivity index (χ0n) is 14.5. The maximum absolute atomic E-state index is 11.8. The highest BCUT2D eigenvalue weighted by atomic mass is 16.5. The Hall–Kier alpha value is -3.55. The van der Waals surface area contributed by atoms with Crippen LogP contribution in [0.25, 0.3) is 0 Å². The van der Waals surface area contributed by atoms with Crippen LogP contribution in [0.1, 0.15) is 6.92 Å². The summed E-state index contributed by atoms with van der Waals surface area (Å²) in [7, 11) is 1.57. The molecular formula is C18H20N4O4. The lowest BCUT2D eigenvalue weighted by atomic mass is 10.3. The molecule has 0 spiro atoms. The second-order valence-corrected chi connectivity index (χ2v) is 5.20. The fourth-order valence-corrected chi connectivity index (χ4v) is 1.87. The van der Waals surface area contributed by atoms with E-state index in [0.717, 1.165) is 0 Å². The van der Waals surface area contributed by atoms with Crippen LogP contribution in [0.15, 0.2) is 60.6 Å². The van der Waals surface area contributed by atoms with Crippen LogP contribution in [-0.4, -0.2) is 30.5 Å². The Bertz CT molecular complexity index is 761. The van der Waals surface area contributed by atoms with Crippen LogP contribution in [-0.2, 0) is 9.59 Å². The number of benzene rings is 1. The second-order valence-electron chi connectivity index (χ2n) is 5.20. The summed E-state index contributed by atoms with van der Waals surface area (Å²) in [6.45, 7) is 1.47. The minimum absolute atomic E-state index is 0.172. The van der Waals surface area contributed by atoms with Gasteiger partial charge >= 0.3 is 0 Å². The lowest BCUT2D eigenvalue weighted by Crippen LogP contribution is -2.39. The molecule has 2 amide bonds.